The van der Waals surface area contributed by atoms with Gasteiger partial charge in [0.15, 0.2) is 6.10 Å². The smallest absolute Gasteiger partial charge is 0.265 e. The predicted molar refractivity (Wildman–Crippen MR) is 101 cm³/mol. The summed E-state index contributed by atoms with van der Waals surface area (Å²) in [6.45, 7) is 9.92. The highest BCUT2D eigenvalue weighted by molar-refractivity contribution is 5.95. The Labute approximate surface area is 150 Å². The van der Waals surface area contributed by atoms with Crippen molar-refractivity contribution < 1.29 is 14.3 Å². The Morgan fingerprint density at radius 3 is 2.12 bits per heavy atom. The molecular formula is C21H27NO3. The lowest BCUT2D eigenvalue weighted by molar-refractivity contribution is -0.122. The summed E-state index contributed by atoms with van der Waals surface area (Å²) in [5, 5.41) is 2.88. The minimum atomic E-state index is -0.614. The summed E-state index contributed by atoms with van der Waals surface area (Å²) in [5.74, 6) is 1.58. The Balaban J connectivity index is 2.01. The molecule has 0 spiro atoms. The summed E-state index contributed by atoms with van der Waals surface area (Å²) in [5.41, 5.74) is 1.89. The molecule has 4 nitrogen and oxygen atoms in total. The molecule has 0 saturated heterocycles. The van der Waals surface area contributed by atoms with Crippen LogP contribution in [0.15, 0.2) is 48.5 Å². The minimum Gasteiger partial charge on any atom is -0.489 e. The second-order valence-electron chi connectivity index (χ2n) is 6.64. The van der Waals surface area contributed by atoms with Crippen molar-refractivity contribution in [2.45, 2.75) is 52.7 Å². The second kappa shape index (κ2) is 8.56. The molecule has 0 heterocycles. The molecule has 0 fully saturated rings. The number of carbonyl (C=O) groups is 1. The van der Waals surface area contributed by atoms with Gasteiger partial charge >= 0.3 is 0 Å². The fourth-order valence-corrected chi connectivity index (χ4v) is 2.35. The number of anilines is 1. The lowest BCUT2D eigenvalue weighted by Gasteiger charge is -2.18. The number of benzene rings is 2. The molecule has 0 saturated carbocycles. The fraction of sp³-hybridized carbons (Fsp3) is 0.381. The van der Waals surface area contributed by atoms with Gasteiger partial charge in [0.05, 0.1) is 11.8 Å². The first-order valence-electron chi connectivity index (χ1n) is 8.70. The first kappa shape index (κ1) is 18.8. The number of hydrogen-bond acceptors (Lipinski definition) is 3. The summed E-state index contributed by atoms with van der Waals surface area (Å²) in [7, 11) is 0. The largest absolute Gasteiger partial charge is 0.489 e. The summed E-state index contributed by atoms with van der Waals surface area (Å²) in [6, 6.07) is 15.2. The van der Waals surface area contributed by atoms with E-state index in [9.17, 15) is 4.79 Å². The van der Waals surface area contributed by atoms with Crippen LogP contribution in [0, 0.1) is 0 Å². The van der Waals surface area contributed by atoms with Gasteiger partial charge in [-0.25, -0.2) is 0 Å². The van der Waals surface area contributed by atoms with Gasteiger partial charge in [-0.3, -0.25) is 4.79 Å². The van der Waals surface area contributed by atoms with E-state index in [2.05, 4.69) is 19.2 Å². The van der Waals surface area contributed by atoms with E-state index in [0.29, 0.717) is 23.1 Å². The molecule has 2 rings (SSSR count). The van der Waals surface area contributed by atoms with Crippen molar-refractivity contribution in [2.24, 2.45) is 0 Å². The van der Waals surface area contributed by atoms with Crippen LogP contribution in [0.3, 0.4) is 0 Å². The number of nitrogens with one attached hydrogen (secondary N) is 1. The Hall–Kier alpha value is -2.49. The third-order valence-corrected chi connectivity index (χ3v) is 3.74. The number of para-hydroxylation sites is 2. The Morgan fingerprint density at radius 2 is 1.52 bits per heavy atom. The molecule has 134 valence electrons. The molecule has 1 N–H and O–H groups in total. The summed E-state index contributed by atoms with van der Waals surface area (Å²) < 4.78 is 11.5. The third-order valence-electron chi connectivity index (χ3n) is 3.74. The average molecular weight is 341 g/mol. The van der Waals surface area contributed by atoms with E-state index in [0.717, 1.165) is 0 Å². The van der Waals surface area contributed by atoms with E-state index in [1.807, 2.05) is 62.4 Å². The van der Waals surface area contributed by atoms with Gasteiger partial charge < -0.3 is 14.8 Å². The highest BCUT2D eigenvalue weighted by atomic mass is 16.5. The number of hydrogen-bond donors (Lipinski definition) is 1. The number of carbonyl (C=O) groups excluding carboxylic acids is 1. The lowest BCUT2D eigenvalue weighted by Crippen LogP contribution is -2.30. The van der Waals surface area contributed by atoms with Crippen LogP contribution in [0.25, 0.3) is 0 Å². The van der Waals surface area contributed by atoms with E-state index in [1.165, 1.54) is 5.56 Å². The highest BCUT2D eigenvalue weighted by Crippen LogP contribution is 2.25. The van der Waals surface area contributed by atoms with Crippen LogP contribution in [-0.2, 0) is 4.79 Å². The van der Waals surface area contributed by atoms with Crippen LogP contribution >= 0.6 is 0 Å². The summed E-state index contributed by atoms with van der Waals surface area (Å²) in [6.07, 6.45) is -0.580. The number of amides is 1. The zero-order valence-corrected chi connectivity index (χ0v) is 15.6. The van der Waals surface area contributed by atoms with Gasteiger partial charge in [-0.15, -0.1) is 0 Å². The fourth-order valence-electron chi connectivity index (χ4n) is 2.35. The van der Waals surface area contributed by atoms with Gasteiger partial charge in [-0.2, -0.15) is 0 Å². The maximum absolute atomic E-state index is 12.4. The van der Waals surface area contributed by atoms with Crippen LogP contribution in [0.5, 0.6) is 11.5 Å². The summed E-state index contributed by atoms with van der Waals surface area (Å²) >= 11 is 0. The molecule has 0 aromatic heterocycles. The average Bonchev–Trinajstić information content (AvgIpc) is 2.56. The second-order valence-corrected chi connectivity index (χ2v) is 6.64. The Kier molecular flexibility index (Phi) is 6.45. The minimum absolute atomic E-state index is 0.0335. The number of ether oxygens (including phenoxy) is 2. The first-order chi connectivity index (χ1) is 11.9. The van der Waals surface area contributed by atoms with E-state index < -0.39 is 6.10 Å². The zero-order valence-electron chi connectivity index (χ0n) is 15.6. The molecular weight excluding hydrogens is 314 g/mol. The lowest BCUT2D eigenvalue weighted by atomic mass is 10.0. The van der Waals surface area contributed by atoms with Gasteiger partial charge in [0.2, 0.25) is 0 Å². The molecule has 0 bridgehead atoms. The van der Waals surface area contributed by atoms with E-state index >= 15 is 0 Å². The topological polar surface area (TPSA) is 47.6 Å². The van der Waals surface area contributed by atoms with E-state index in [1.54, 1.807) is 6.92 Å². The number of rotatable bonds is 7. The van der Waals surface area contributed by atoms with Crippen LogP contribution in [0.1, 0.15) is 46.1 Å². The van der Waals surface area contributed by atoms with Crippen LogP contribution in [0.4, 0.5) is 5.69 Å². The van der Waals surface area contributed by atoms with Gasteiger partial charge in [-0.1, -0.05) is 38.1 Å². The van der Waals surface area contributed by atoms with Crippen molar-refractivity contribution >= 4 is 11.6 Å². The SMILES string of the molecule is CC(C)Oc1ccccc1NC(=O)C(C)Oc1ccc(C(C)C)cc1. The molecule has 2 aromatic rings. The van der Waals surface area contributed by atoms with Crippen LogP contribution in [-0.4, -0.2) is 18.1 Å². The maximum atomic E-state index is 12.4. The molecule has 1 amide bonds. The van der Waals surface area contributed by atoms with E-state index in [-0.39, 0.29) is 12.0 Å². The molecule has 25 heavy (non-hydrogen) atoms. The first-order valence-corrected chi connectivity index (χ1v) is 8.70. The monoisotopic (exact) mass is 341 g/mol. The molecule has 0 aliphatic carbocycles. The molecule has 1 atom stereocenters. The van der Waals surface area contributed by atoms with Crippen molar-refractivity contribution in [3.05, 3.63) is 54.1 Å². The van der Waals surface area contributed by atoms with Crippen molar-refractivity contribution in [3.63, 3.8) is 0 Å². The van der Waals surface area contributed by atoms with Crippen molar-refractivity contribution in [1.29, 1.82) is 0 Å². The molecule has 4 heteroatoms. The summed E-state index contributed by atoms with van der Waals surface area (Å²) in [4.78, 5) is 12.4. The third kappa shape index (κ3) is 5.52. The van der Waals surface area contributed by atoms with Crippen LogP contribution in [0.2, 0.25) is 0 Å². The maximum Gasteiger partial charge on any atom is 0.265 e. The van der Waals surface area contributed by atoms with Gasteiger partial charge in [-0.05, 0) is 56.5 Å². The van der Waals surface area contributed by atoms with Gasteiger partial charge in [0, 0.05) is 0 Å². The van der Waals surface area contributed by atoms with Crippen molar-refractivity contribution in [2.75, 3.05) is 5.32 Å². The van der Waals surface area contributed by atoms with Crippen molar-refractivity contribution in [1.82, 2.24) is 0 Å². The normalized spacial score (nSPS) is 12.1. The van der Waals surface area contributed by atoms with Gasteiger partial charge in [0.1, 0.15) is 11.5 Å². The predicted octanol–water partition coefficient (Wildman–Crippen LogP) is 5.00. The molecule has 1 unspecified atom stereocenters. The van der Waals surface area contributed by atoms with Crippen molar-refractivity contribution in [3.8, 4) is 11.5 Å². The quantitative estimate of drug-likeness (QED) is 0.770. The molecule has 0 aliphatic heterocycles. The Bertz CT molecular complexity index is 693. The van der Waals surface area contributed by atoms with E-state index in [4.69, 9.17) is 9.47 Å². The molecule has 2 aromatic carbocycles. The highest BCUT2D eigenvalue weighted by Gasteiger charge is 2.17. The van der Waals surface area contributed by atoms with Crippen LogP contribution < -0.4 is 14.8 Å². The molecule has 0 radical (unpaired) electrons. The standard InChI is InChI=1S/C21H27NO3/c1-14(2)17-10-12-18(13-11-17)25-16(5)21(23)22-19-8-6-7-9-20(19)24-15(3)4/h6-16H,1-5H3,(H,22,23). The molecule has 0 aliphatic rings. The Morgan fingerprint density at radius 1 is 0.880 bits per heavy atom. The zero-order chi connectivity index (χ0) is 18.4. The van der Waals surface area contributed by atoms with Gasteiger partial charge in [0.25, 0.3) is 5.91 Å².